The van der Waals surface area contributed by atoms with Crippen LogP contribution in [0.15, 0.2) is 72.9 Å². The smallest absolute Gasteiger partial charge is 0.305 e. The van der Waals surface area contributed by atoms with E-state index in [2.05, 4.69) is 63.5 Å². The Labute approximate surface area is 692 Å². The molecule has 117 heavy (non-hydrogen) atoms. The number of nitrogens with two attached hydrogens (primary N) is 2. The van der Waals surface area contributed by atoms with Gasteiger partial charge in [0.05, 0.1) is 18.6 Å². The van der Waals surface area contributed by atoms with Crippen molar-refractivity contribution in [3.63, 3.8) is 0 Å². The highest BCUT2D eigenvalue weighted by molar-refractivity contribution is 7.98. The van der Waals surface area contributed by atoms with Crippen LogP contribution in [0.1, 0.15) is 202 Å². The number of carboxylic acids is 1. The predicted octanol–water partition coefficient (Wildman–Crippen LogP) is 5.98. The maximum absolute atomic E-state index is 16.7. The maximum Gasteiger partial charge on any atom is 0.305 e. The number of carbonyl (C=O) groups is 11. The van der Waals surface area contributed by atoms with Crippen LogP contribution in [0.3, 0.4) is 0 Å². The molecule has 5 heterocycles. The minimum absolute atomic E-state index is 0.0134. The quantitative estimate of drug-likeness (QED) is 0.0574. The Kier molecular flexibility index (Phi) is 33.2. The van der Waals surface area contributed by atoms with Crippen molar-refractivity contribution >= 4 is 99.5 Å². The first-order valence-corrected chi connectivity index (χ1v) is 44.8. The number of aliphatic carboxylic acids is 1. The number of carbonyl (C=O) groups excluding carboxylic acids is 10. The predicted molar refractivity (Wildman–Crippen MR) is 443 cm³/mol. The minimum atomic E-state index is -1.97. The first-order valence-electron chi connectivity index (χ1n) is 42.5. The van der Waals surface area contributed by atoms with Crippen molar-refractivity contribution in [1.29, 1.82) is 0 Å². The molecule has 3 aromatic carbocycles. The summed E-state index contributed by atoms with van der Waals surface area (Å²) in [5.41, 5.74) is 13.8. The molecule has 10 amide bonds. The lowest BCUT2D eigenvalue weighted by molar-refractivity contribution is -0.143. The van der Waals surface area contributed by atoms with Gasteiger partial charge in [0, 0.05) is 84.5 Å². The number of aromatic nitrogens is 1. The van der Waals surface area contributed by atoms with E-state index in [1.165, 1.54) is 58.8 Å². The number of H-pyrrole nitrogens is 1. The van der Waals surface area contributed by atoms with Crippen molar-refractivity contribution in [2.75, 3.05) is 44.2 Å². The highest BCUT2D eigenvalue weighted by atomic mass is 32.2. The van der Waals surface area contributed by atoms with Gasteiger partial charge in [0.15, 0.2) is 0 Å². The van der Waals surface area contributed by atoms with E-state index < -0.39 is 161 Å². The van der Waals surface area contributed by atoms with E-state index >= 15 is 32.8 Å². The van der Waals surface area contributed by atoms with E-state index in [1.54, 1.807) is 18.3 Å². The van der Waals surface area contributed by atoms with E-state index in [9.17, 15) is 39.0 Å². The fraction of sp³-hybridized carbons (Fsp3) is 0.635. The van der Waals surface area contributed by atoms with Crippen molar-refractivity contribution in [3.05, 3.63) is 101 Å². The molecule has 1 spiro atoms. The van der Waals surface area contributed by atoms with Gasteiger partial charge in [-0.1, -0.05) is 113 Å². The third kappa shape index (κ3) is 25.1. The summed E-state index contributed by atoms with van der Waals surface area (Å²) < 4.78 is 31.9. The molecule has 3 saturated carbocycles. The molecule has 11 rings (SSSR count). The summed E-state index contributed by atoms with van der Waals surface area (Å²) in [5.74, 6) is -9.48. The first-order chi connectivity index (χ1) is 56.4. The fourth-order valence-electron chi connectivity index (χ4n) is 19.0. The van der Waals surface area contributed by atoms with Crippen LogP contribution < -0.4 is 70.0 Å². The number of rotatable bonds is 16. The summed E-state index contributed by atoms with van der Waals surface area (Å²) >= 11 is 2.84. The standard InChI is InChI=1S/C85H121F2N15O13S2/c86-58-25-29-63-62(41-58)55(45-90-63)39-65-78(110)96-66(40-57-46-91-72-30-26-59(87)44-85(57,72)56-19-9-5-2-1-3-6-10-20-56)79(111)98-68(43-75(106)107)81(113)97-67(42-60-47-93-84(101-60)32-12-7-4-8-13-33-84)80(112)99-69(38-52-23-27-61(103)28-24-52)83(115)102-35-16-22-71(102)82(114)100-70(76(89)108)51-117-50-54-18-15-17-53(37-54)49-116-36-31-73(104)94-64(21-11-14-34-88)77(109)92-48-74(105)95-65/h15,17-18,23-25,27-29,37,41,45,56-57,59-60,64-72,90-91,93,101,103H,1-14,16,19-22,26,30-36,38-40,42-44,46-51,88H2,(H2,89,108)(H,92,109)(H,94,104)(H,95,105)(H,96,110)(H,97,113)(H,98,111)(H,99,112)(H,100,114)(H,106,107)/t57?,59?,60?,64-,65-,66-,67-,68+,69-,70-,71-,72?,85?/m0/s1. The lowest BCUT2D eigenvalue weighted by Gasteiger charge is -2.50. The third-order valence-electron chi connectivity index (χ3n) is 25.0. The number of hydrogen-bond donors (Lipinski definition) is 16. The van der Waals surface area contributed by atoms with Crippen LogP contribution in [0, 0.1) is 23.1 Å². The molecule has 28 nitrogen and oxygen atoms in total. The Balaban J connectivity index is 0.959. The van der Waals surface area contributed by atoms with Gasteiger partial charge in [-0.2, -0.15) is 23.5 Å². The summed E-state index contributed by atoms with van der Waals surface area (Å²) in [6, 6.07) is 5.41. The molecule has 5 unspecified atom stereocenters. The highest BCUT2D eigenvalue weighted by Crippen LogP contribution is 2.56. The Hall–Kier alpha value is -8.43. The van der Waals surface area contributed by atoms with Crippen molar-refractivity contribution in [2.24, 2.45) is 28.7 Å². The Morgan fingerprint density at radius 3 is 1.97 bits per heavy atom. The molecule has 3 aliphatic carbocycles. The first kappa shape index (κ1) is 89.4. The third-order valence-corrected chi connectivity index (χ3v) is 27.2. The molecule has 4 aromatic rings. The summed E-state index contributed by atoms with van der Waals surface area (Å²) in [6.07, 6.45) is 16.2. The summed E-state index contributed by atoms with van der Waals surface area (Å²) in [7, 11) is 0. The number of hydrogen-bond acceptors (Lipinski definition) is 18. The Morgan fingerprint density at radius 1 is 0.624 bits per heavy atom. The van der Waals surface area contributed by atoms with Gasteiger partial charge < -0.3 is 79.4 Å². The van der Waals surface area contributed by atoms with E-state index in [0.29, 0.717) is 91.0 Å². The number of benzene rings is 3. The number of aromatic amines is 1. The second kappa shape index (κ2) is 43.5. The molecule has 7 aliphatic rings. The lowest BCUT2D eigenvalue weighted by atomic mass is 9.55. The number of amides is 10. The fourth-order valence-corrected chi connectivity index (χ4v) is 20.9. The number of nitrogens with zero attached hydrogens (tertiary/aromatic N) is 1. The molecule has 32 heteroatoms. The monoisotopic (exact) mass is 1660 g/mol. The topological polar surface area (TPSA) is 432 Å². The van der Waals surface area contributed by atoms with Crippen LogP contribution in [0.5, 0.6) is 5.75 Å². The van der Waals surface area contributed by atoms with Crippen LogP contribution >= 0.6 is 23.5 Å². The molecule has 1 aromatic heterocycles. The number of nitrogens with one attached hydrogen (secondary N) is 12. The zero-order chi connectivity index (χ0) is 83.0. The van der Waals surface area contributed by atoms with Gasteiger partial charge in [-0.05, 0) is 173 Å². The number of alkyl halides is 1. The van der Waals surface area contributed by atoms with Gasteiger partial charge >= 0.3 is 5.97 Å². The van der Waals surface area contributed by atoms with Gasteiger partial charge in [-0.3, -0.25) is 63.4 Å². The molecular formula is C85H121F2N15O13S2. The summed E-state index contributed by atoms with van der Waals surface area (Å²) in [4.78, 5) is 167. The minimum Gasteiger partial charge on any atom is -0.508 e. The maximum atomic E-state index is 16.7. The molecule has 6 fully saturated rings. The average Bonchev–Trinajstić information content (AvgIpc) is 1.60. The molecule has 2 bridgehead atoms. The molecule has 4 aliphatic heterocycles. The number of primary amides is 1. The van der Waals surface area contributed by atoms with Crippen LogP contribution in [0.4, 0.5) is 8.78 Å². The Bertz CT molecular complexity index is 4070. The number of phenolic OH excluding ortho intramolecular Hbond substituents is 1. The van der Waals surface area contributed by atoms with Gasteiger partial charge in [-0.15, -0.1) is 0 Å². The largest absolute Gasteiger partial charge is 0.508 e. The number of phenols is 1. The lowest BCUT2D eigenvalue weighted by Crippen LogP contribution is -2.61. The van der Waals surface area contributed by atoms with Crippen LogP contribution in [0.2, 0.25) is 0 Å². The van der Waals surface area contributed by atoms with E-state index in [4.69, 9.17) is 11.5 Å². The zero-order valence-electron chi connectivity index (χ0n) is 67.1. The van der Waals surface area contributed by atoms with Crippen molar-refractivity contribution in [3.8, 4) is 5.75 Å². The van der Waals surface area contributed by atoms with Crippen molar-refractivity contribution in [2.45, 2.75) is 276 Å². The summed E-state index contributed by atoms with van der Waals surface area (Å²) in [6.45, 7) is 0.308. The molecule has 13 atom stereocenters. The van der Waals surface area contributed by atoms with Gasteiger partial charge in [0.1, 0.15) is 66.1 Å². The van der Waals surface area contributed by atoms with E-state index in [-0.39, 0.29) is 81.4 Å². The zero-order valence-corrected chi connectivity index (χ0v) is 68.7. The molecule has 3 saturated heterocycles. The van der Waals surface area contributed by atoms with Crippen LogP contribution in [-0.2, 0) is 77.1 Å². The Morgan fingerprint density at radius 2 is 1.27 bits per heavy atom. The van der Waals surface area contributed by atoms with Crippen molar-refractivity contribution < 1.29 is 71.7 Å². The number of halogens is 2. The number of unbranched alkanes of at least 4 members (excludes halogenated alkanes) is 1. The second-order valence-electron chi connectivity index (χ2n) is 33.4. The normalized spacial score (nSPS) is 29.0. The summed E-state index contributed by atoms with van der Waals surface area (Å²) in [5, 5.41) is 55.1. The highest BCUT2D eigenvalue weighted by Gasteiger charge is 2.58. The van der Waals surface area contributed by atoms with E-state index in [1.807, 2.05) is 24.3 Å². The molecule has 0 radical (unpaired) electrons. The van der Waals surface area contributed by atoms with Crippen molar-refractivity contribution in [1.82, 2.24) is 68.4 Å². The number of aromatic hydroxyl groups is 1. The molecule has 640 valence electrons. The average molecular weight is 1660 g/mol. The van der Waals surface area contributed by atoms with Crippen LogP contribution in [-0.4, -0.2) is 202 Å². The number of carboxylic acid groups (broad SMARTS) is 1. The molecule has 18 N–H and O–H groups in total. The van der Waals surface area contributed by atoms with Gasteiger partial charge in [0.2, 0.25) is 59.1 Å². The second-order valence-corrected chi connectivity index (χ2v) is 35.5. The van der Waals surface area contributed by atoms with Gasteiger partial charge in [0.25, 0.3) is 0 Å². The van der Waals surface area contributed by atoms with E-state index in [0.717, 1.165) is 114 Å². The SMILES string of the molecule is NCCCC[C@@H]1NC(=O)CCSCc2cccc(c2)CSC[C@@H](C(N)=O)NC(=O)[C@@H]2CCCN2C(=O)[C@H](Cc2ccc(O)cc2)NC(=O)[C@H](CC2CNC3(CCCCCCC3)N2)NC(=O)[C@@H](CC(=O)O)NC(=O)[C@H](CC2CNC3CCC(F)CC23C2CCCCCCCCC2)NC(=O)[C@H](Cc2c[nH]c3ccc(F)cc23)NC(=O)CNC1=O. The van der Waals surface area contributed by atoms with Gasteiger partial charge in [-0.25, -0.2) is 8.78 Å². The number of thioether (sulfide) groups is 2. The number of fused-ring (bicyclic) bond motifs is 5. The molecular weight excluding hydrogens is 1540 g/mol. The van der Waals surface area contributed by atoms with Crippen LogP contribution in [0.25, 0.3) is 10.9 Å².